The van der Waals surface area contributed by atoms with Crippen LogP contribution in [0.4, 0.5) is 13.2 Å². The maximum Gasteiger partial charge on any atom is 0.573 e. The molecular weight excluding hydrogens is 551 g/mol. The summed E-state index contributed by atoms with van der Waals surface area (Å²) in [6, 6.07) is 13.7. The Balaban J connectivity index is 1.97. The number of alkyl halides is 3. The van der Waals surface area contributed by atoms with Gasteiger partial charge in [0.05, 0.1) is 12.0 Å². The summed E-state index contributed by atoms with van der Waals surface area (Å²) in [6.07, 6.45) is -3.68. The molecule has 0 saturated heterocycles. The van der Waals surface area contributed by atoms with Crippen LogP contribution < -0.4 is 9.47 Å². The molecule has 216 valence electrons. The quantitative estimate of drug-likeness (QED) is 0.277. The van der Waals surface area contributed by atoms with Crippen molar-refractivity contribution in [3.8, 4) is 28.4 Å². The van der Waals surface area contributed by atoms with Crippen LogP contribution in [0, 0.1) is 5.92 Å². The van der Waals surface area contributed by atoms with Crippen LogP contribution in [0.25, 0.3) is 11.1 Å². The van der Waals surface area contributed by atoms with Gasteiger partial charge in [0.25, 0.3) is 0 Å². The normalized spacial score (nSPS) is 12.1. The van der Waals surface area contributed by atoms with Crippen LogP contribution >= 0.6 is 0 Å². The summed E-state index contributed by atoms with van der Waals surface area (Å²) < 4.78 is 74.8. The number of rotatable bonds is 12. The number of hydrogen-bond acceptors (Lipinski definition) is 6. The Morgan fingerprint density at radius 3 is 2.20 bits per heavy atom. The van der Waals surface area contributed by atoms with E-state index in [-0.39, 0.29) is 22.9 Å². The number of hydrogen-bond donors (Lipinski definition) is 2. The van der Waals surface area contributed by atoms with Crippen molar-refractivity contribution in [3.63, 3.8) is 0 Å². The molecule has 0 heterocycles. The molecule has 0 unspecified atom stereocenters. The lowest BCUT2D eigenvalue weighted by Gasteiger charge is -2.22. The molecule has 3 rings (SSSR count). The lowest BCUT2D eigenvalue weighted by molar-refractivity contribution is -0.274. The molecule has 0 amide bonds. The number of carboxylic acids is 1. The third-order valence-electron chi connectivity index (χ3n) is 6.04. The van der Waals surface area contributed by atoms with Crippen molar-refractivity contribution in [2.24, 2.45) is 5.92 Å². The Bertz CT molecular complexity index is 1440. The van der Waals surface area contributed by atoms with Gasteiger partial charge in [-0.1, -0.05) is 32.0 Å². The summed E-state index contributed by atoms with van der Waals surface area (Å²) in [5.74, 6) is -1.22. The lowest BCUT2D eigenvalue weighted by Crippen LogP contribution is -2.35. The van der Waals surface area contributed by atoms with Crippen molar-refractivity contribution < 1.29 is 46.1 Å². The Labute approximate surface area is 230 Å². The van der Waals surface area contributed by atoms with Gasteiger partial charge in [0, 0.05) is 12.1 Å². The second-order valence-corrected chi connectivity index (χ2v) is 11.4. The minimum atomic E-state index is -4.83. The number of carboxylic acid groups (broad SMARTS) is 1. The number of methoxy groups -OCH3 is 1. The average molecular weight is 582 g/mol. The Morgan fingerprint density at radius 1 is 0.975 bits per heavy atom. The first-order chi connectivity index (χ1) is 18.7. The number of phenolic OH excluding ortho intramolecular Hbond substituents is 1. The Morgan fingerprint density at radius 2 is 1.62 bits per heavy atom. The van der Waals surface area contributed by atoms with Gasteiger partial charge in [0.2, 0.25) is 10.0 Å². The van der Waals surface area contributed by atoms with Crippen molar-refractivity contribution in [1.29, 1.82) is 0 Å². The highest BCUT2D eigenvalue weighted by Gasteiger charge is 2.31. The Hall–Kier alpha value is -3.77. The zero-order chi connectivity index (χ0) is 29.7. The van der Waals surface area contributed by atoms with Crippen LogP contribution in [0.5, 0.6) is 17.2 Å². The predicted octanol–water partition coefficient (Wildman–Crippen LogP) is 5.83. The summed E-state index contributed by atoms with van der Waals surface area (Å²) in [6.45, 7) is 2.78. The number of nitrogens with zero attached hydrogens (tertiary/aromatic N) is 1. The summed E-state index contributed by atoms with van der Waals surface area (Å²) in [5.41, 5.74) is 1.81. The van der Waals surface area contributed by atoms with Gasteiger partial charge in [0.1, 0.15) is 23.8 Å². The van der Waals surface area contributed by atoms with Gasteiger partial charge in [-0.2, -0.15) is 4.31 Å². The number of aliphatic carboxylic acids is 1. The number of aromatic hydroxyl groups is 1. The highest BCUT2D eigenvalue weighted by molar-refractivity contribution is 7.89. The number of carbonyl (C=O) groups is 1. The average Bonchev–Trinajstić information content (AvgIpc) is 2.87. The van der Waals surface area contributed by atoms with E-state index in [1.807, 2.05) is 13.8 Å². The fourth-order valence-electron chi connectivity index (χ4n) is 4.01. The van der Waals surface area contributed by atoms with E-state index in [1.165, 1.54) is 37.4 Å². The highest BCUT2D eigenvalue weighted by Crippen LogP contribution is 2.32. The van der Waals surface area contributed by atoms with Crippen LogP contribution in [-0.2, 0) is 27.8 Å². The predicted molar refractivity (Wildman–Crippen MR) is 142 cm³/mol. The van der Waals surface area contributed by atoms with E-state index in [9.17, 15) is 36.6 Å². The molecule has 40 heavy (non-hydrogen) atoms. The molecule has 0 aliphatic heterocycles. The number of benzene rings is 3. The van der Waals surface area contributed by atoms with Crippen LogP contribution in [0.15, 0.2) is 65.6 Å². The fourth-order valence-corrected chi connectivity index (χ4v) is 5.43. The van der Waals surface area contributed by atoms with Crippen molar-refractivity contribution in [2.45, 2.75) is 44.5 Å². The number of halogens is 3. The van der Waals surface area contributed by atoms with Gasteiger partial charge in [0.15, 0.2) is 0 Å². The van der Waals surface area contributed by atoms with Crippen molar-refractivity contribution in [2.75, 3.05) is 13.7 Å². The molecule has 0 radical (unpaired) electrons. The smallest absolute Gasteiger partial charge is 0.508 e. The Kier molecular flexibility index (Phi) is 9.69. The van der Waals surface area contributed by atoms with E-state index < -0.39 is 34.6 Å². The molecule has 8 nitrogen and oxygen atoms in total. The maximum atomic E-state index is 13.6. The first-order valence-electron chi connectivity index (χ1n) is 12.3. The van der Waals surface area contributed by atoms with Crippen LogP contribution in [0.2, 0.25) is 0 Å². The molecule has 0 saturated carbocycles. The molecule has 0 aliphatic rings. The molecule has 2 N–H and O–H groups in total. The van der Waals surface area contributed by atoms with Gasteiger partial charge in [-0.3, -0.25) is 4.79 Å². The van der Waals surface area contributed by atoms with Crippen molar-refractivity contribution in [1.82, 2.24) is 4.31 Å². The summed E-state index contributed by atoms with van der Waals surface area (Å²) in [7, 11) is -2.96. The SMILES string of the molecule is COc1ccc(-c2ccc(OC(F)(F)F)cc2)cc1CN(CC(=O)O)S(=O)(=O)c1ccc(O)c(CCC(C)C)c1. The molecule has 0 atom stereocenters. The number of aryl methyl sites for hydroxylation is 1. The fraction of sp³-hybridized carbons (Fsp3) is 0.321. The lowest BCUT2D eigenvalue weighted by atomic mass is 10.0. The third-order valence-corrected chi connectivity index (χ3v) is 7.83. The van der Waals surface area contributed by atoms with Gasteiger partial charge in [-0.05, 0) is 77.9 Å². The second-order valence-electron chi connectivity index (χ2n) is 9.49. The summed E-state index contributed by atoms with van der Waals surface area (Å²) in [5, 5.41) is 19.7. The monoisotopic (exact) mass is 581 g/mol. The number of ether oxygens (including phenoxy) is 2. The van der Waals surface area contributed by atoms with E-state index >= 15 is 0 Å². The topological polar surface area (TPSA) is 113 Å². The first kappa shape index (κ1) is 30.8. The molecule has 0 aliphatic carbocycles. The van der Waals surface area contributed by atoms with E-state index in [4.69, 9.17) is 4.74 Å². The molecule has 12 heteroatoms. The van der Waals surface area contributed by atoms with Gasteiger partial charge in [-0.25, -0.2) is 8.42 Å². The summed E-state index contributed by atoms with van der Waals surface area (Å²) in [4.78, 5) is 11.5. The minimum Gasteiger partial charge on any atom is -0.508 e. The molecule has 3 aromatic carbocycles. The zero-order valence-electron chi connectivity index (χ0n) is 22.1. The van der Waals surface area contributed by atoms with Crippen molar-refractivity contribution in [3.05, 3.63) is 71.8 Å². The molecular formula is C28H30F3NO7S. The number of phenols is 1. The zero-order valence-corrected chi connectivity index (χ0v) is 22.9. The van der Waals surface area contributed by atoms with Crippen molar-refractivity contribution >= 4 is 16.0 Å². The standard InChI is InChI=1S/C28H30F3NO7S/c1-18(2)4-5-21-15-24(11-12-25(21)33)40(36,37)32(17-27(34)35)16-22-14-20(8-13-26(22)38-3)19-6-9-23(10-7-19)39-28(29,30)31/h6-15,18,33H,4-5,16-17H2,1-3H3,(H,34,35). The summed E-state index contributed by atoms with van der Waals surface area (Å²) >= 11 is 0. The molecule has 0 fully saturated rings. The van der Waals surface area contributed by atoms with Gasteiger partial charge >= 0.3 is 12.3 Å². The third kappa shape index (κ3) is 8.12. The van der Waals surface area contributed by atoms with E-state index in [0.29, 0.717) is 41.0 Å². The molecule has 0 spiro atoms. The molecule has 0 aromatic heterocycles. The largest absolute Gasteiger partial charge is 0.573 e. The minimum absolute atomic E-state index is 0.0505. The molecule has 3 aromatic rings. The maximum absolute atomic E-state index is 13.6. The van der Waals surface area contributed by atoms with Crippen LogP contribution in [-0.4, -0.2) is 48.9 Å². The van der Waals surface area contributed by atoms with E-state index in [0.717, 1.165) is 16.4 Å². The van der Waals surface area contributed by atoms with E-state index in [1.54, 1.807) is 18.2 Å². The highest BCUT2D eigenvalue weighted by atomic mass is 32.2. The van der Waals surface area contributed by atoms with Crippen LogP contribution in [0.3, 0.4) is 0 Å². The molecule has 0 bridgehead atoms. The van der Waals surface area contributed by atoms with Gasteiger partial charge in [-0.15, -0.1) is 13.2 Å². The first-order valence-corrected chi connectivity index (χ1v) is 13.7. The number of sulfonamides is 1. The van der Waals surface area contributed by atoms with E-state index in [2.05, 4.69) is 4.74 Å². The van der Waals surface area contributed by atoms with Crippen LogP contribution in [0.1, 0.15) is 31.4 Å². The van der Waals surface area contributed by atoms with Gasteiger partial charge < -0.3 is 19.7 Å². The second kappa shape index (κ2) is 12.6.